The molecule has 0 aliphatic rings. The maximum atomic E-state index is 4.74. The van der Waals surface area contributed by atoms with E-state index >= 15 is 0 Å². The van der Waals surface area contributed by atoms with Crippen LogP contribution >= 0.6 is 11.3 Å². The SMILES string of the molecule is Cc1cccc(-c2ccc3sc(C(C)C)nc3c2)c1. The van der Waals surface area contributed by atoms with Crippen molar-refractivity contribution in [1.82, 2.24) is 4.98 Å². The van der Waals surface area contributed by atoms with E-state index in [0.717, 1.165) is 5.52 Å². The van der Waals surface area contributed by atoms with E-state index in [1.165, 1.54) is 26.4 Å². The highest BCUT2D eigenvalue weighted by atomic mass is 32.1. The quantitative estimate of drug-likeness (QED) is 0.606. The van der Waals surface area contributed by atoms with Gasteiger partial charge in [-0.05, 0) is 30.2 Å². The first-order chi connectivity index (χ1) is 9.13. The molecule has 2 heteroatoms. The van der Waals surface area contributed by atoms with E-state index in [9.17, 15) is 0 Å². The maximum Gasteiger partial charge on any atom is 0.0963 e. The maximum absolute atomic E-state index is 4.74. The van der Waals surface area contributed by atoms with Crippen LogP contribution in [0, 0.1) is 6.92 Å². The van der Waals surface area contributed by atoms with E-state index in [1.54, 1.807) is 11.3 Å². The Hall–Kier alpha value is -1.67. The smallest absolute Gasteiger partial charge is 0.0963 e. The first-order valence-electron chi connectivity index (χ1n) is 6.61. The molecule has 1 aromatic heterocycles. The van der Waals surface area contributed by atoms with Crippen molar-refractivity contribution in [3.8, 4) is 11.1 Å². The van der Waals surface area contributed by atoms with Crippen LogP contribution in [0.2, 0.25) is 0 Å². The molecule has 0 saturated heterocycles. The van der Waals surface area contributed by atoms with Gasteiger partial charge in [-0.3, -0.25) is 0 Å². The van der Waals surface area contributed by atoms with Gasteiger partial charge in [0.15, 0.2) is 0 Å². The second-order valence-electron chi connectivity index (χ2n) is 5.26. The molecule has 3 rings (SSSR count). The lowest BCUT2D eigenvalue weighted by Gasteiger charge is -2.02. The van der Waals surface area contributed by atoms with Gasteiger partial charge in [0.2, 0.25) is 0 Å². The van der Waals surface area contributed by atoms with Gasteiger partial charge < -0.3 is 0 Å². The van der Waals surface area contributed by atoms with Crippen LogP contribution in [0.25, 0.3) is 21.3 Å². The number of aromatic nitrogens is 1. The molecular formula is C17H17NS. The van der Waals surface area contributed by atoms with E-state index in [4.69, 9.17) is 4.98 Å². The summed E-state index contributed by atoms with van der Waals surface area (Å²) in [6, 6.07) is 15.2. The standard InChI is InChI=1S/C17H17NS/c1-11(2)17-18-15-10-14(7-8-16(15)19-17)13-6-4-5-12(3)9-13/h4-11H,1-3H3. The molecule has 0 radical (unpaired) electrons. The number of aryl methyl sites for hydroxylation is 1. The Kier molecular flexibility index (Phi) is 3.11. The lowest BCUT2D eigenvalue weighted by atomic mass is 10.0. The molecule has 0 N–H and O–H groups in total. The largest absolute Gasteiger partial charge is 0.241 e. The molecule has 0 aliphatic heterocycles. The summed E-state index contributed by atoms with van der Waals surface area (Å²) in [7, 11) is 0. The van der Waals surface area contributed by atoms with Crippen LogP contribution in [-0.2, 0) is 0 Å². The summed E-state index contributed by atoms with van der Waals surface area (Å²) in [6.07, 6.45) is 0. The van der Waals surface area contributed by atoms with Gasteiger partial charge in [0.05, 0.1) is 15.2 Å². The van der Waals surface area contributed by atoms with Gasteiger partial charge in [0.1, 0.15) is 0 Å². The molecule has 19 heavy (non-hydrogen) atoms. The van der Waals surface area contributed by atoms with Crippen molar-refractivity contribution in [1.29, 1.82) is 0 Å². The predicted molar refractivity (Wildman–Crippen MR) is 83.9 cm³/mol. The Morgan fingerprint density at radius 1 is 1.00 bits per heavy atom. The van der Waals surface area contributed by atoms with Crippen LogP contribution in [-0.4, -0.2) is 4.98 Å². The minimum Gasteiger partial charge on any atom is -0.241 e. The lowest BCUT2D eigenvalue weighted by Crippen LogP contribution is -1.83. The summed E-state index contributed by atoms with van der Waals surface area (Å²) in [5, 5.41) is 1.22. The van der Waals surface area contributed by atoms with E-state index < -0.39 is 0 Å². The van der Waals surface area contributed by atoms with Crippen molar-refractivity contribution in [3.05, 3.63) is 53.0 Å². The zero-order chi connectivity index (χ0) is 13.4. The van der Waals surface area contributed by atoms with Gasteiger partial charge in [-0.2, -0.15) is 0 Å². The summed E-state index contributed by atoms with van der Waals surface area (Å²) < 4.78 is 1.28. The number of hydrogen-bond donors (Lipinski definition) is 0. The second-order valence-corrected chi connectivity index (χ2v) is 6.32. The summed E-state index contributed by atoms with van der Waals surface area (Å²) in [4.78, 5) is 4.74. The van der Waals surface area contributed by atoms with Crippen molar-refractivity contribution in [2.75, 3.05) is 0 Å². The average Bonchev–Trinajstić information content (AvgIpc) is 2.81. The van der Waals surface area contributed by atoms with E-state index in [2.05, 4.69) is 63.2 Å². The van der Waals surface area contributed by atoms with Gasteiger partial charge in [0.25, 0.3) is 0 Å². The number of rotatable bonds is 2. The predicted octanol–water partition coefficient (Wildman–Crippen LogP) is 5.40. The highest BCUT2D eigenvalue weighted by Gasteiger charge is 2.08. The molecule has 3 aromatic rings. The Morgan fingerprint density at radius 2 is 1.79 bits per heavy atom. The van der Waals surface area contributed by atoms with Gasteiger partial charge in [-0.25, -0.2) is 4.98 Å². The zero-order valence-electron chi connectivity index (χ0n) is 11.5. The summed E-state index contributed by atoms with van der Waals surface area (Å²) >= 11 is 1.80. The van der Waals surface area contributed by atoms with Gasteiger partial charge >= 0.3 is 0 Å². The summed E-state index contributed by atoms with van der Waals surface area (Å²) in [5.74, 6) is 0.500. The first-order valence-corrected chi connectivity index (χ1v) is 7.42. The molecular weight excluding hydrogens is 250 g/mol. The lowest BCUT2D eigenvalue weighted by molar-refractivity contribution is 0.857. The highest BCUT2D eigenvalue weighted by molar-refractivity contribution is 7.18. The van der Waals surface area contributed by atoms with Crippen molar-refractivity contribution in [3.63, 3.8) is 0 Å². The van der Waals surface area contributed by atoms with E-state index in [1.807, 2.05) is 0 Å². The van der Waals surface area contributed by atoms with Crippen LogP contribution in [0.1, 0.15) is 30.3 Å². The topological polar surface area (TPSA) is 12.9 Å². The van der Waals surface area contributed by atoms with E-state index in [-0.39, 0.29) is 0 Å². The number of fused-ring (bicyclic) bond motifs is 1. The summed E-state index contributed by atoms with van der Waals surface area (Å²) in [5.41, 5.74) is 4.92. The molecule has 2 aromatic carbocycles. The third-order valence-corrected chi connectivity index (χ3v) is 4.59. The van der Waals surface area contributed by atoms with Crippen molar-refractivity contribution < 1.29 is 0 Å². The fourth-order valence-electron chi connectivity index (χ4n) is 2.20. The fourth-order valence-corrected chi connectivity index (χ4v) is 3.15. The Balaban J connectivity index is 2.11. The molecule has 0 aliphatic carbocycles. The second kappa shape index (κ2) is 4.78. The van der Waals surface area contributed by atoms with Crippen LogP contribution < -0.4 is 0 Å². The minimum absolute atomic E-state index is 0.500. The Bertz CT molecular complexity index is 725. The van der Waals surface area contributed by atoms with Crippen LogP contribution in [0.3, 0.4) is 0 Å². The molecule has 1 nitrogen and oxygen atoms in total. The van der Waals surface area contributed by atoms with Crippen LogP contribution in [0.15, 0.2) is 42.5 Å². The molecule has 0 atom stereocenters. The molecule has 0 bridgehead atoms. The molecule has 0 amide bonds. The highest BCUT2D eigenvalue weighted by Crippen LogP contribution is 2.30. The first kappa shape index (κ1) is 12.4. The normalized spacial score (nSPS) is 11.4. The zero-order valence-corrected chi connectivity index (χ0v) is 12.3. The molecule has 1 heterocycles. The molecule has 0 saturated carbocycles. The summed E-state index contributed by atoms with van der Waals surface area (Å²) in [6.45, 7) is 6.51. The number of benzene rings is 2. The molecule has 0 spiro atoms. The van der Waals surface area contributed by atoms with Gasteiger partial charge in [-0.15, -0.1) is 11.3 Å². The van der Waals surface area contributed by atoms with Crippen molar-refractivity contribution in [2.45, 2.75) is 26.7 Å². The number of nitrogens with zero attached hydrogens (tertiary/aromatic N) is 1. The van der Waals surface area contributed by atoms with Crippen LogP contribution in [0.4, 0.5) is 0 Å². The third-order valence-electron chi connectivity index (χ3n) is 3.25. The van der Waals surface area contributed by atoms with Crippen molar-refractivity contribution in [2.24, 2.45) is 0 Å². The fraction of sp³-hybridized carbons (Fsp3) is 0.235. The molecule has 0 unspecified atom stereocenters. The minimum atomic E-state index is 0.500. The number of thiazole rings is 1. The molecule has 0 fully saturated rings. The van der Waals surface area contributed by atoms with Crippen LogP contribution in [0.5, 0.6) is 0 Å². The van der Waals surface area contributed by atoms with Crippen molar-refractivity contribution >= 4 is 21.6 Å². The Morgan fingerprint density at radius 3 is 2.53 bits per heavy atom. The van der Waals surface area contributed by atoms with Gasteiger partial charge in [-0.1, -0.05) is 49.7 Å². The number of hydrogen-bond acceptors (Lipinski definition) is 2. The van der Waals surface area contributed by atoms with E-state index in [0.29, 0.717) is 5.92 Å². The monoisotopic (exact) mass is 267 g/mol. The third kappa shape index (κ3) is 2.41. The Labute approximate surface area is 117 Å². The average molecular weight is 267 g/mol. The van der Waals surface area contributed by atoms with Gasteiger partial charge in [0, 0.05) is 5.92 Å². The molecule has 96 valence electrons.